The van der Waals surface area contributed by atoms with Gasteiger partial charge in [0, 0.05) is 44.5 Å². The minimum absolute atomic E-state index is 0. The number of aliphatic imine (C=N–C) groups is 1. The summed E-state index contributed by atoms with van der Waals surface area (Å²) in [5, 5.41) is 9.97. The maximum absolute atomic E-state index is 5.73. The minimum Gasteiger partial charge on any atom is -0.381 e. The molecule has 0 radical (unpaired) electrons. The monoisotopic (exact) mass is 544 g/mol. The van der Waals surface area contributed by atoms with Crippen LogP contribution in [0.2, 0.25) is 0 Å². The molecule has 2 aromatic rings. The maximum Gasteiger partial charge on any atom is 0.191 e. The SMILES string of the molecule is CN=C(NCCCOCC1CCOC1)NCc1csc(CCc2ccccc2)n1.I. The lowest BCUT2D eigenvalue weighted by Crippen LogP contribution is -2.37. The van der Waals surface area contributed by atoms with E-state index in [4.69, 9.17) is 14.5 Å². The first-order valence-corrected chi connectivity index (χ1v) is 11.3. The van der Waals surface area contributed by atoms with E-state index in [1.807, 2.05) is 0 Å². The van der Waals surface area contributed by atoms with Gasteiger partial charge in [-0.15, -0.1) is 35.3 Å². The summed E-state index contributed by atoms with van der Waals surface area (Å²) in [6.07, 6.45) is 4.09. The topological polar surface area (TPSA) is 67.8 Å². The van der Waals surface area contributed by atoms with E-state index >= 15 is 0 Å². The number of halogens is 1. The van der Waals surface area contributed by atoms with Crippen LogP contribution in [0.3, 0.4) is 0 Å². The van der Waals surface area contributed by atoms with Crippen LogP contribution in [0.1, 0.15) is 29.1 Å². The molecule has 0 aliphatic carbocycles. The molecule has 0 spiro atoms. The third kappa shape index (κ3) is 9.28. The fourth-order valence-electron chi connectivity index (χ4n) is 3.18. The van der Waals surface area contributed by atoms with E-state index in [-0.39, 0.29) is 24.0 Å². The van der Waals surface area contributed by atoms with Crippen LogP contribution in [0.5, 0.6) is 0 Å². The van der Waals surface area contributed by atoms with Crippen molar-refractivity contribution in [1.82, 2.24) is 15.6 Å². The minimum atomic E-state index is 0. The molecule has 1 fully saturated rings. The molecule has 1 saturated heterocycles. The second-order valence-corrected chi connectivity index (χ2v) is 8.17. The number of benzene rings is 1. The van der Waals surface area contributed by atoms with Gasteiger partial charge in [-0.05, 0) is 24.8 Å². The zero-order valence-corrected chi connectivity index (χ0v) is 20.8. The maximum atomic E-state index is 5.73. The number of nitrogens with one attached hydrogen (secondary N) is 2. The summed E-state index contributed by atoms with van der Waals surface area (Å²) < 4.78 is 11.1. The molecular weight excluding hydrogens is 511 g/mol. The van der Waals surface area contributed by atoms with E-state index in [1.165, 1.54) is 10.6 Å². The van der Waals surface area contributed by atoms with Crippen LogP contribution in [0.4, 0.5) is 0 Å². The fraction of sp³-hybridized carbons (Fsp3) is 0.545. The zero-order chi connectivity index (χ0) is 20.2. The molecule has 3 rings (SSSR count). The third-order valence-corrected chi connectivity index (χ3v) is 5.82. The molecule has 0 bridgehead atoms. The van der Waals surface area contributed by atoms with Gasteiger partial charge in [-0.25, -0.2) is 4.98 Å². The molecular formula is C22H33IN4O2S. The van der Waals surface area contributed by atoms with Gasteiger partial charge in [0.05, 0.1) is 30.5 Å². The van der Waals surface area contributed by atoms with E-state index in [0.717, 1.165) is 70.3 Å². The Balaban J connectivity index is 0.00000320. The van der Waals surface area contributed by atoms with Crippen molar-refractivity contribution in [3.63, 3.8) is 0 Å². The summed E-state index contributed by atoms with van der Waals surface area (Å²) >= 11 is 1.73. The van der Waals surface area contributed by atoms with E-state index < -0.39 is 0 Å². The first-order chi connectivity index (χ1) is 14.3. The van der Waals surface area contributed by atoms with Crippen LogP contribution in [-0.2, 0) is 28.9 Å². The average molecular weight is 545 g/mol. The van der Waals surface area contributed by atoms with E-state index in [0.29, 0.717) is 12.5 Å². The quantitative estimate of drug-likeness (QED) is 0.196. The highest BCUT2D eigenvalue weighted by Crippen LogP contribution is 2.13. The molecule has 1 atom stereocenters. The number of guanidine groups is 1. The van der Waals surface area contributed by atoms with Crippen LogP contribution in [0.25, 0.3) is 0 Å². The van der Waals surface area contributed by atoms with Crippen LogP contribution in [0, 0.1) is 5.92 Å². The Bertz CT molecular complexity index is 736. The molecule has 6 nitrogen and oxygen atoms in total. The van der Waals surface area contributed by atoms with E-state index in [9.17, 15) is 0 Å². The predicted octanol–water partition coefficient (Wildman–Crippen LogP) is 3.65. The van der Waals surface area contributed by atoms with Crippen LogP contribution in [0.15, 0.2) is 40.7 Å². The van der Waals surface area contributed by atoms with Gasteiger partial charge in [0.1, 0.15) is 0 Å². The molecule has 1 aliphatic rings. The Hall–Kier alpha value is -1.23. The van der Waals surface area contributed by atoms with Crippen molar-refractivity contribution in [1.29, 1.82) is 0 Å². The van der Waals surface area contributed by atoms with Gasteiger partial charge in [0.25, 0.3) is 0 Å². The number of aryl methyl sites for hydroxylation is 2. The Kier molecular flexibility index (Phi) is 12.3. The third-order valence-electron chi connectivity index (χ3n) is 4.87. The van der Waals surface area contributed by atoms with Crippen LogP contribution in [-0.4, -0.2) is 51.0 Å². The first-order valence-electron chi connectivity index (χ1n) is 10.4. The Labute approximate surface area is 200 Å². The largest absolute Gasteiger partial charge is 0.381 e. The molecule has 8 heteroatoms. The highest BCUT2D eigenvalue weighted by atomic mass is 127. The number of hydrogen-bond donors (Lipinski definition) is 2. The van der Waals surface area contributed by atoms with Crippen molar-refractivity contribution in [3.8, 4) is 0 Å². The Morgan fingerprint density at radius 2 is 2.13 bits per heavy atom. The molecule has 0 saturated carbocycles. The predicted molar refractivity (Wildman–Crippen MR) is 134 cm³/mol. The summed E-state index contributed by atoms with van der Waals surface area (Å²) in [7, 11) is 1.79. The molecule has 1 unspecified atom stereocenters. The molecule has 2 heterocycles. The summed E-state index contributed by atoms with van der Waals surface area (Å²) in [6, 6.07) is 10.6. The second-order valence-electron chi connectivity index (χ2n) is 7.23. The number of thiazole rings is 1. The molecule has 1 aromatic heterocycles. The van der Waals surface area contributed by atoms with Crippen LogP contribution < -0.4 is 10.6 Å². The summed E-state index contributed by atoms with van der Waals surface area (Å²) in [6.45, 7) is 4.81. The zero-order valence-electron chi connectivity index (χ0n) is 17.6. The van der Waals surface area contributed by atoms with E-state index in [1.54, 1.807) is 18.4 Å². The lowest BCUT2D eigenvalue weighted by Gasteiger charge is -2.12. The molecule has 30 heavy (non-hydrogen) atoms. The molecule has 2 N–H and O–H groups in total. The molecule has 0 amide bonds. The lowest BCUT2D eigenvalue weighted by molar-refractivity contribution is 0.0888. The number of aromatic nitrogens is 1. The summed E-state index contributed by atoms with van der Waals surface area (Å²) in [5.41, 5.74) is 2.41. The van der Waals surface area contributed by atoms with Gasteiger partial charge < -0.3 is 20.1 Å². The van der Waals surface area contributed by atoms with Crippen molar-refractivity contribution < 1.29 is 9.47 Å². The van der Waals surface area contributed by atoms with Gasteiger partial charge in [-0.3, -0.25) is 4.99 Å². The van der Waals surface area contributed by atoms with Gasteiger partial charge in [-0.2, -0.15) is 0 Å². The smallest absolute Gasteiger partial charge is 0.191 e. The van der Waals surface area contributed by atoms with Gasteiger partial charge in [0.2, 0.25) is 0 Å². The van der Waals surface area contributed by atoms with Crippen molar-refractivity contribution in [2.24, 2.45) is 10.9 Å². The number of nitrogens with zero attached hydrogens (tertiary/aromatic N) is 2. The Morgan fingerprint density at radius 1 is 1.27 bits per heavy atom. The number of hydrogen-bond acceptors (Lipinski definition) is 5. The number of ether oxygens (including phenoxy) is 2. The second kappa shape index (κ2) is 14.7. The highest BCUT2D eigenvalue weighted by molar-refractivity contribution is 14.0. The van der Waals surface area contributed by atoms with Gasteiger partial charge in [-0.1, -0.05) is 30.3 Å². The normalized spacial score (nSPS) is 16.3. The van der Waals surface area contributed by atoms with Crippen molar-refractivity contribution in [2.75, 3.05) is 40.0 Å². The average Bonchev–Trinajstić information content (AvgIpc) is 3.44. The summed E-state index contributed by atoms with van der Waals surface area (Å²) in [4.78, 5) is 9.01. The molecule has 1 aromatic carbocycles. The van der Waals surface area contributed by atoms with Gasteiger partial charge in [0.15, 0.2) is 5.96 Å². The van der Waals surface area contributed by atoms with Crippen molar-refractivity contribution in [3.05, 3.63) is 52.0 Å². The summed E-state index contributed by atoms with van der Waals surface area (Å²) in [5.74, 6) is 1.38. The lowest BCUT2D eigenvalue weighted by atomic mass is 10.1. The Morgan fingerprint density at radius 3 is 2.90 bits per heavy atom. The van der Waals surface area contributed by atoms with Crippen molar-refractivity contribution in [2.45, 2.75) is 32.2 Å². The fourth-order valence-corrected chi connectivity index (χ4v) is 3.98. The number of rotatable bonds is 11. The highest BCUT2D eigenvalue weighted by Gasteiger charge is 2.15. The van der Waals surface area contributed by atoms with Gasteiger partial charge >= 0.3 is 0 Å². The van der Waals surface area contributed by atoms with E-state index in [2.05, 4.69) is 51.3 Å². The molecule has 1 aliphatic heterocycles. The van der Waals surface area contributed by atoms with Crippen molar-refractivity contribution >= 4 is 41.3 Å². The van der Waals surface area contributed by atoms with Crippen LogP contribution >= 0.6 is 35.3 Å². The standard InChI is InChI=1S/C22H32N4O2S.HI/c1-23-22(24-11-5-12-27-15-19-10-13-28-16-19)25-14-20-17-29-21(26-20)9-8-18-6-3-2-4-7-18;/h2-4,6-7,17,19H,5,8-16H2,1H3,(H2,23,24,25);1H. The molecule has 166 valence electrons. The first kappa shape index (κ1) is 25.0.